The molecule has 2 nitrogen and oxygen atoms in total. The van der Waals surface area contributed by atoms with Crippen molar-refractivity contribution >= 4 is 12.6 Å². The predicted octanol–water partition coefficient (Wildman–Crippen LogP) is 1.20. The summed E-state index contributed by atoms with van der Waals surface area (Å²) >= 11 is 0. The Morgan fingerprint density at radius 1 is 1.00 bits per heavy atom. The zero-order valence-corrected chi connectivity index (χ0v) is 5.99. The molecule has 0 aliphatic heterocycles. The van der Waals surface area contributed by atoms with E-state index in [0.29, 0.717) is 0 Å². The quantitative estimate of drug-likeness (QED) is 0.413. The van der Waals surface area contributed by atoms with Crippen LogP contribution in [0.2, 0.25) is 0 Å². The van der Waals surface area contributed by atoms with Crippen LogP contribution in [0.25, 0.3) is 0 Å². The molecule has 2 rings (SSSR count). The second kappa shape index (κ2) is 3.66. The van der Waals surface area contributed by atoms with Crippen molar-refractivity contribution in [2.24, 2.45) is 0 Å². The fourth-order valence-corrected chi connectivity index (χ4v) is 1.01. The van der Waals surface area contributed by atoms with Crippen LogP contribution in [0, 0.1) is 0 Å². The van der Waals surface area contributed by atoms with Gasteiger partial charge in [0.1, 0.15) is 0 Å². The van der Waals surface area contributed by atoms with E-state index in [4.69, 9.17) is 9.59 Å². The summed E-state index contributed by atoms with van der Waals surface area (Å²) in [6, 6.07) is 0. The van der Waals surface area contributed by atoms with Gasteiger partial charge in [0.05, 0.1) is 0 Å². The standard InChI is InChI=1S/C7H6.C2H2O2/c1-2-7-4-3-6(1)5-7;3-1-2-4/h1-4H,5H2;1-2H. The van der Waals surface area contributed by atoms with Gasteiger partial charge < -0.3 is 0 Å². The minimum atomic E-state index is 0.194. The predicted molar refractivity (Wildman–Crippen MR) is 42.1 cm³/mol. The Morgan fingerprint density at radius 3 is 1.55 bits per heavy atom. The fraction of sp³-hybridized carbons (Fsp3) is 0.111. The van der Waals surface area contributed by atoms with E-state index >= 15 is 0 Å². The van der Waals surface area contributed by atoms with Crippen molar-refractivity contribution in [2.45, 2.75) is 6.42 Å². The molecule has 2 bridgehead atoms. The molecular weight excluding hydrogens is 140 g/mol. The lowest BCUT2D eigenvalue weighted by Gasteiger charge is -1.77. The van der Waals surface area contributed by atoms with Crippen LogP contribution < -0.4 is 0 Å². The van der Waals surface area contributed by atoms with Crippen LogP contribution >= 0.6 is 0 Å². The molecule has 0 atom stereocenters. The number of carbonyl (C=O) groups excluding carboxylic acids is 2. The summed E-state index contributed by atoms with van der Waals surface area (Å²) in [5, 5.41) is 0. The zero-order valence-electron chi connectivity index (χ0n) is 5.99. The smallest absolute Gasteiger partial charge is 0.182 e. The highest BCUT2D eigenvalue weighted by atomic mass is 16.2. The average molecular weight is 148 g/mol. The summed E-state index contributed by atoms with van der Waals surface area (Å²) in [5.74, 6) is 0. The van der Waals surface area contributed by atoms with Crippen molar-refractivity contribution in [3.63, 3.8) is 0 Å². The minimum absolute atomic E-state index is 0.194. The Labute approximate surface area is 64.9 Å². The SMILES string of the molecule is C1=CC2=CC=C1C2.O=CC=O. The van der Waals surface area contributed by atoms with Gasteiger partial charge in [-0.1, -0.05) is 24.3 Å². The van der Waals surface area contributed by atoms with Crippen molar-refractivity contribution in [1.29, 1.82) is 0 Å². The number of aldehydes is 2. The molecule has 0 saturated carbocycles. The third-order valence-corrected chi connectivity index (χ3v) is 1.49. The lowest BCUT2D eigenvalue weighted by molar-refractivity contribution is -0.122. The Hall–Kier alpha value is -1.44. The summed E-state index contributed by atoms with van der Waals surface area (Å²) in [6.07, 6.45) is 10.3. The van der Waals surface area contributed by atoms with E-state index in [1.54, 1.807) is 0 Å². The first-order valence-corrected chi connectivity index (χ1v) is 3.33. The molecule has 0 aromatic rings. The van der Waals surface area contributed by atoms with E-state index in [1.807, 2.05) is 0 Å². The molecule has 2 heteroatoms. The van der Waals surface area contributed by atoms with Crippen molar-refractivity contribution < 1.29 is 9.59 Å². The van der Waals surface area contributed by atoms with E-state index in [2.05, 4.69) is 24.3 Å². The highest BCUT2D eigenvalue weighted by molar-refractivity contribution is 6.09. The van der Waals surface area contributed by atoms with Crippen LogP contribution in [-0.2, 0) is 9.59 Å². The van der Waals surface area contributed by atoms with Gasteiger partial charge in [-0.3, -0.25) is 9.59 Å². The largest absolute Gasteiger partial charge is 0.295 e. The molecule has 0 radical (unpaired) electrons. The highest BCUT2D eigenvalue weighted by Gasteiger charge is 2.07. The van der Waals surface area contributed by atoms with Gasteiger partial charge in [0.15, 0.2) is 12.6 Å². The summed E-state index contributed by atoms with van der Waals surface area (Å²) < 4.78 is 0. The molecule has 0 fully saturated rings. The molecule has 2 aliphatic rings. The monoisotopic (exact) mass is 148 g/mol. The maximum atomic E-state index is 8.81. The van der Waals surface area contributed by atoms with E-state index < -0.39 is 0 Å². The van der Waals surface area contributed by atoms with Crippen LogP contribution in [0.15, 0.2) is 35.5 Å². The number of fused-ring (bicyclic) bond motifs is 2. The number of rotatable bonds is 1. The third kappa shape index (κ3) is 2.00. The molecule has 0 aromatic heterocycles. The fourth-order valence-electron chi connectivity index (χ4n) is 1.01. The first-order valence-electron chi connectivity index (χ1n) is 3.33. The summed E-state index contributed by atoms with van der Waals surface area (Å²) in [6.45, 7) is 0. The van der Waals surface area contributed by atoms with Crippen molar-refractivity contribution in [1.82, 2.24) is 0 Å². The van der Waals surface area contributed by atoms with Gasteiger partial charge in [-0.25, -0.2) is 0 Å². The molecule has 2 aliphatic carbocycles. The van der Waals surface area contributed by atoms with Gasteiger partial charge in [-0.15, -0.1) is 0 Å². The van der Waals surface area contributed by atoms with Crippen molar-refractivity contribution in [3.8, 4) is 0 Å². The maximum Gasteiger partial charge on any atom is 0.182 e. The van der Waals surface area contributed by atoms with Crippen LogP contribution in [0.3, 0.4) is 0 Å². The number of carbonyl (C=O) groups is 2. The second-order valence-corrected chi connectivity index (χ2v) is 2.27. The molecular formula is C9H8O2. The lowest BCUT2D eigenvalue weighted by Crippen LogP contribution is -1.62. The topological polar surface area (TPSA) is 34.1 Å². The Balaban J connectivity index is 0.000000134. The molecule has 0 heterocycles. The van der Waals surface area contributed by atoms with Crippen molar-refractivity contribution in [3.05, 3.63) is 35.5 Å². The lowest BCUT2D eigenvalue weighted by atomic mass is 10.3. The summed E-state index contributed by atoms with van der Waals surface area (Å²) in [4.78, 5) is 17.6. The molecule has 0 saturated heterocycles. The molecule has 56 valence electrons. The Morgan fingerprint density at radius 2 is 1.45 bits per heavy atom. The summed E-state index contributed by atoms with van der Waals surface area (Å²) in [5.41, 5.74) is 2.94. The second-order valence-electron chi connectivity index (χ2n) is 2.27. The normalized spacial score (nSPS) is 16.4. The van der Waals surface area contributed by atoms with E-state index in [9.17, 15) is 0 Å². The van der Waals surface area contributed by atoms with Gasteiger partial charge in [-0.05, 0) is 17.6 Å². The van der Waals surface area contributed by atoms with Crippen molar-refractivity contribution in [2.75, 3.05) is 0 Å². The van der Waals surface area contributed by atoms with Crippen LogP contribution in [0.1, 0.15) is 6.42 Å². The van der Waals surface area contributed by atoms with Gasteiger partial charge in [0.25, 0.3) is 0 Å². The van der Waals surface area contributed by atoms with Gasteiger partial charge in [0.2, 0.25) is 0 Å². The first kappa shape index (κ1) is 7.66. The maximum absolute atomic E-state index is 8.81. The van der Waals surface area contributed by atoms with E-state index in [-0.39, 0.29) is 12.6 Å². The minimum Gasteiger partial charge on any atom is -0.295 e. The molecule has 0 N–H and O–H groups in total. The van der Waals surface area contributed by atoms with Gasteiger partial charge in [-0.2, -0.15) is 0 Å². The van der Waals surface area contributed by atoms with E-state index in [0.717, 1.165) is 0 Å². The Bertz CT molecular complexity index is 231. The summed E-state index contributed by atoms with van der Waals surface area (Å²) in [7, 11) is 0. The molecule has 11 heavy (non-hydrogen) atoms. The molecule has 0 unspecified atom stereocenters. The zero-order chi connectivity index (χ0) is 8.10. The number of allylic oxidation sites excluding steroid dienone is 6. The van der Waals surface area contributed by atoms with Crippen LogP contribution in [0.5, 0.6) is 0 Å². The highest BCUT2D eigenvalue weighted by Crippen LogP contribution is 2.27. The van der Waals surface area contributed by atoms with E-state index in [1.165, 1.54) is 17.6 Å². The number of hydrogen-bond donors (Lipinski definition) is 0. The van der Waals surface area contributed by atoms with Crippen LogP contribution in [0.4, 0.5) is 0 Å². The molecule has 0 aromatic carbocycles. The van der Waals surface area contributed by atoms with Crippen LogP contribution in [-0.4, -0.2) is 12.6 Å². The molecule has 0 amide bonds. The Kier molecular flexibility index (Phi) is 2.55. The third-order valence-electron chi connectivity index (χ3n) is 1.49. The molecule has 0 spiro atoms. The first-order chi connectivity index (χ1) is 5.36. The number of hydrogen-bond acceptors (Lipinski definition) is 2. The average Bonchev–Trinajstić information content (AvgIpc) is 2.67. The van der Waals surface area contributed by atoms with Gasteiger partial charge >= 0.3 is 0 Å². The van der Waals surface area contributed by atoms with Gasteiger partial charge in [0, 0.05) is 0 Å².